The predicted molar refractivity (Wildman–Crippen MR) is 124 cm³/mol. The Morgan fingerprint density at radius 1 is 0.727 bits per heavy atom. The molecule has 0 saturated heterocycles. The third kappa shape index (κ3) is 5.43. The van der Waals surface area contributed by atoms with Crippen LogP contribution in [0.5, 0.6) is 28.7 Å². The van der Waals surface area contributed by atoms with E-state index in [0.717, 1.165) is 0 Å². The highest BCUT2D eigenvalue weighted by Crippen LogP contribution is 2.33. The fraction of sp³-hybridized carbons (Fsp3) is 0.154. The Morgan fingerprint density at radius 2 is 1.33 bits per heavy atom. The number of rotatable bonds is 8. The molecule has 0 amide bonds. The molecule has 7 nitrogen and oxygen atoms in total. The Balaban J connectivity index is 1.87. The van der Waals surface area contributed by atoms with Gasteiger partial charge < -0.3 is 23.7 Å². The SMILES string of the molecule is COc1ccc(C(=O)Oc2ccc(/C=C(/C#N)c3ccc(OC)c(OC)c3)cc2OC)cc1. The second-order valence-electron chi connectivity index (χ2n) is 6.77. The molecule has 0 atom stereocenters. The Bertz CT molecular complexity index is 1210. The van der Waals surface area contributed by atoms with E-state index in [1.807, 2.05) is 0 Å². The lowest BCUT2D eigenvalue weighted by molar-refractivity contribution is 0.0729. The number of carbonyl (C=O) groups is 1. The molecule has 0 aromatic heterocycles. The highest BCUT2D eigenvalue weighted by molar-refractivity contribution is 5.92. The van der Waals surface area contributed by atoms with Gasteiger partial charge in [0.15, 0.2) is 23.0 Å². The van der Waals surface area contributed by atoms with Crippen LogP contribution in [0.2, 0.25) is 0 Å². The molecule has 0 unspecified atom stereocenters. The van der Waals surface area contributed by atoms with E-state index in [2.05, 4.69) is 6.07 Å². The van der Waals surface area contributed by atoms with Gasteiger partial charge in [-0.15, -0.1) is 0 Å². The molecule has 0 aliphatic heterocycles. The van der Waals surface area contributed by atoms with Crippen LogP contribution in [0, 0.1) is 11.3 Å². The van der Waals surface area contributed by atoms with Crippen molar-refractivity contribution in [3.05, 3.63) is 77.4 Å². The van der Waals surface area contributed by atoms with Crippen LogP contribution in [0.15, 0.2) is 60.7 Å². The average Bonchev–Trinajstić information content (AvgIpc) is 2.87. The first kappa shape index (κ1) is 23.2. The van der Waals surface area contributed by atoms with Gasteiger partial charge in [0, 0.05) is 0 Å². The van der Waals surface area contributed by atoms with Gasteiger partial charge in [-0.05, 0) is 71.8 Å². The molecule has 3 aromatic rings. The predicted octanol–water partition coefficient (Wildman–Crippen LogP) is 5.00. The first-order valence-electron chi connectivity index (χ1n) is 9.91. The first-order valence-corrected chi connectivity index (χ1v) is 9.91. The molecule has 3 rings (SSSR count). The molecule has 0 aliphatic rings. The topological polar surface area (TPSA) is 87.0 Å². The quantitative estimate of drug-likeness (QED) is 0.209. The molecule has 0 spiro atoms. The number of ether oxygens (including phenoxy) is 5. The monoisotopic (exact) mass is 445 g/mol. The molecule has 0 fully saturated rings. The Hall–Kier alpha value is -4.44. The lowest BCUT2D eigenvalue weighted by atomic mass is 10.0. The summed E-state index contributed by atoms with van der Waals surface area (Å²) in [6, 6.07) is 19.1. The molecule has 168 valence electrons. The molecule has 3 aromatic carbocycles. The summed E-state index contributed by atoms with van der Waals surface area (Å²) >= 11 is 0. The molecular formula is C26H23NO6. The lowest BCUT2D eigenvalue weighted by Gasteiger charge is -2.11. The number of allylic oxidation sites excluding steroid dienone is 1. The van der Waals surface area contributed by atoms with Gasteiger partial charge in [0.25, 0.3) is 0 Å². The maximum Gasteiger partial charge on any atom is 0.343 e. The van der Waals surface area contributed by atoms with Crippen molar-refractivity contribution in [3.63, 3.8) is 0 Å². The van der Waals surface area contributed by atoms with Gasteiger partial charge in [-0.3, -0.25) is 0 Å². The van der Waals surface area contributed by atoms with E-state index in [1.165, 1.54) is 14.2 Å². The maximum absolute atomic E-state index is 12.5. The van der Waals surface area contributed by atoms with Crippen molar-refractivity contribution in [2.24, 2.45) is 0 Å². The van der Waals surface area contributed by atoms with Crippen LogP contribution < -0.4 is 23.7 Å². The Kier molecular flexibility index (Phi) is 7.55. The average molecular weight is 445 g/mol. The summed E-state index contributed by atoms with van der Waals surface area (Å²) in [4.78, 5) is 12.5. The van der Waals surface area contributed by atoms with Gasteiger partial charge in [-0.2, -0.15) is 5.26 Å². The second kappa shape index (κ2) is 10.7. The first-order chi connectivity index (χ1) is 16.0. The number of carbonyl (C=O) groups excluding carboxylic acids is 1. The van der Waals surface area contributed by atoms with E-state index in [1.54, 1.807) is 81.0 Å². The normalized spacial score (nSPS) is 10.7. The smallest absolute Gasteiger partial charge is 0.343 e. The van der Waals surface area contributed by atoms with Gasteiger partial charge >= 0.3 is 5.97 Å². The van der Waals surface area contributed by atoms with Gasteiger partial charge in [0.1, 0.15) is 5.75 Å². The van der Waals surface area contributed by atoms with E-state index in [-0.39, 0.29) is 5.75 Å². The fourth-order valence-corrected chi connectivity index (χ4v) is 3.09. The van der Waals surface area contributed by atoms with Gasteiger partial charge in [-0.25, -0.2) is 4.79 Å². The Morgan fingerprint density at radius 3 is 1.94 bits per heavy atom. The molecule has 0 N–H and O–H groups in total. The number of nitriles is 1. The number of esters is 1. The standard InChI is InChI=1S/C26H23NO6/c1-29-21-9-6-18(7-10-21)26(28)33-23-11-5-17(14-24(23)31-3)13-20(16-27)19-8-12-22(30-2)25(15-19)32-4/h5-15H,1-4H3/b20-13-. The zero-order valence-electron chi connectivity index (χ0n) is 18.7. The molecule has 0 radical (unpaired) electrons. The van der Waals surface area contributed by atoms with Crippen molar-refractivity contribution in [3.8, 4) is 34.8 Å². The lowest BCUT2D eigenvalue weighted by Crippen LogP contribution is -2.09. The molecular weight excluding hydrogens is 422 g/mol. The van der Waals surface area contributed by atoms with Crippen molar-refractivity contribution in [1.29, 1.82) is 5.26 Å². The van der Waals surface area contributed by atoms with Gasteiger partial charge in [0.2, 0.25) is 0 Å². The number of nitrogens with zero attached hydrogens (tertiary/aromatic N) is 1. The minimum Gasteiger partial charge on any atom is -0.497 e. The zero-order chi connectivity index (χ0) is 23.8. The molecule has 0 aliphatic carbocycles. The minimum absolute atomic E-state index is 0.264. The minimum atomic E-state index is -0.526. The van der Waals surface area contributed by atoms with Crippen LogP contribution in [-0.4, -0.2) is 34.4 Å². The van der Waals surface area contributed by atoms with Gasteiger partial charge in [-0.1, -0.05) is 6.07 Å². The highest BCUT2D eigenvalue weighted by atomic mass is 16.6. The van der Waals surface area contributed by atoms with Crippen molar-refractivity contribution in [2.45, 2.75) is 0 Å². The van der Waals surface area contributed by atoms with E-state index in [4.69, 9.17) is 23.7 Å². The molecule has 0 heterocycles. The number of benzene rings is 3. The van der Waals surface area contributed by atoms with Crippen molar-refractivity contribution in [1.82, 2.24) is 0 Å². The summed E-state index contributed by atoms with van der Waals surface area (Å²) in [6.45, 7) is 0. The van der Waals surface area contributed by atoms with Crippen LogP contribution in [0.4, 0.5) is 0 Å². The van der Waals surface area contributed by atoms with E-state index < -0.39 is 5.97 Å². The fourth-order valence-electron chi connectivity index (χ4n) is 3.09. The van der Waals surface area contributed by atoms with Crippen LogP contribution in [-0.2, 0) is 0 Å². The summed E-state index contributed by atoms with van der Waals surface area (Å²) in [5.41, 5.74) is 2.16. The van der Waals surface area contributed by atoms with E-state index >= 15 is 0 Å². The molecule has 0 bridgehead atoms. The zero-order valence-corrected chi connectivity index (χ0v) is 18.7. The second-order valence-corrected chi connectivity index (χ2v) is 6.77. The third-order valence-electron chi connectivity index (χ3n) is 4.84. The number of hydrogen-bond acceptors (Lipinski definition) is 7. The van der Waals surface area contributed by atoms with Crippen molar-refractivity contribution >= 4 is 17.6 Å². The number of methoxy groups -OCH3 is 4. The number of hydrogen-bond donors (Lipinski definition) is 0. The van der Waals surface area contributed by atoms with Crippen LogP contribution >= 0.6 is 0 Å². The van der Waals surface area contributed by atoms with Crippen molar-refractivity contribution < 1.29 is 28.5 Å². The van der Waals surface area contributed by atoms with Crippen molar-refractivity contribution in [2.75, 3.05) is 28.4 Å². The summed E-state index contributed by atoms with van der Waals surface area (Å²) in [5.74, 6) is 1.83. The third-order valence-corrected chi connectivity index (χ3v) is 4.84. The summed E-state index contributed by atoms with van der Waals surface area (Å²) in [6.07, 6.45) is 1.71. The van der Waals surface area contributed by atoms with E-state index in [0.29, 0.717) is 45.3 Å². The molecule has 7 heteroatoms. The van der Waals surface area contributed by atoms with Gasteiger partial charge in [0.05, 0.1) is 45.6 Å². The van der Waals surface area contributed by atoms with Crippen LogP contribution in [0.3, 0.4) is 0 Å². The highest BCUT2D eigenvalue weighted by Gasteiger charge is 2.14. The largest absolute Gasteiger partial charge is 0.497 e. The Labute approximate surface area is 192 Å². The van der Waals surface area contributed by atoms with E-state index in [9.17, 15) is 10.1 Å². The maximum atomic E-state index is 12.5. The van der Waals surface area contributed by atoms with Crippen LogP contribution in [0.1, 0.15) is 21.5 Å². The van der Waals surface area contributed by atoms with Crippen LogP contribution in [0.25, 0.3) is 11.6 Å². The summed E-state index contributed by atoms with van der Waals surface area (Å²) in [5, 5.41) is 9.69. The molecule has 33 heavy (non-hydrogen) atoms. The summed E-state index contributed by atoms with van der Waals surface area (Å²) in [7, 11) is 6.12. The molecule has 0 saturated carbocycles. The summed E-state index contributed by atoms with van der Waals surface area (Å²) < 4.78 is 26.6.